The maximum Gasteiger partial charge on any atom is 0.240 e. The molecule has 0 saturated heterocycles. The number of anilines is 1. The summed E-state index contributed by atoms with van der Waals surface area (Å²) in [6, 6.07) is 6.19. The van der Waals surface area contributed by atoms with Gasteiger partial charge in [-0.1, -0.05) is 26.7 Å². The predicted octanol–water partition coefficient (Wildman–Crippen LogP) is 2.76. The van der Waals surface area contributed by atoms with Crippen LogP contribution in [0.4, 0.5) is 5.69 Å². The standard InChI is InChI=1S/C14H24N2O2S/c1-11(2)5-4-6-12(3)16-19(17,18)14-9-7-13(15)8-10-14/h7-12,16H,4-6,15H2,1-3H3/t12-/m1/s1. The number of hydrogen-bond donors (Lipinski definition) is 2. The zero-order chi connectivity index (χ0) is 14.5. The monoisotopic (exact) mass is 284 g/mol. The van der Waals surface area contributed by atoms with Crippen molar-refractivity contribution in [2.24, 2.45) is 5.92 Å². The summed E-state index contributed by atoms with van der Waals surface area (Å²) >= 11 is 0. The van der Waals surface area contributed by atoms with E-state index in [0.29, 0.717) is 11.6 Å². The number of nitrogens with one attached hydrogen (secondary N) is 1. The molecule has 0 amide bonds. The maximum absolute atomic E-state index is 12.1. The van der Waals surface area contributed by atoms with Crippen molar-refractivity contribution in [3.8, 4) is 0 Å². The maximum atomic E-state index is 12.1. The first-order valence-electron chi connectivity index (χ1n) is 6.69. The molecule has 0 unspecified atom stereocenters. The van der Waals surface area contributed by atoms with Crippen molar-refractivity contribution in [1.29, 1.82) is 0 Å². The second-order valence-corrected chi connectivity index (χ2v) is 7.13. The second-order valence-electron chi connectivity index (χ2n) is 5.42. The van der Waals surface area contributed by atoms with Gasteiger partial charge >= 0.3 is 0 Å². The fraction of sp³-hybridized carbons (Fsp3) is 0.571. The van der Waals surface area contributed by atoms with Gasteiger partial charge in [-0.15, -0.1) is 0 Å². The number of nitrogens with two attached hydrogens (primary N) is 1. The molecule has 1 atom stereocenters. The lowest BCUT2D eigenvalue weighted by Crippen LogP contribution is -2.32. The molecule has 0 radical (unpaired) electrons. The van der Waals surface area contributed by atoms with Gasteiger partial charge in [-0.05, 0) is 43.5 Å². The summed E-state index contributed by atoms with van der Waals surface area (Å²) in [6.45, 7) is 6.24. The van der Waals surface area contributed by atoms with Crippen molar-refractivity contribution < 1.29 is 8.42 Å². The highest BCUT2D eigenvalue weighted by Crippen LogP contribution is 2.14. The van der Waals surface area contributed by atoms with E-state index in [1.165, 1.54) is 12.1 Å². The summed E-state index contributed by atoms with van der Waals surface area (Å²) in [5.74, 6) is 0.654. The van der Waals surface area contributed by atoms with Crippen molar-refractivity contribution in [2.75, 3.05) is 5.73 Å². The van der Waals surface area contributed by atoms with Crippen molar-refractivity contribution in [1.82, 2.24) is 4.72 Å². The number of sulfonamides is 1. The first-order valence-corrected chi connectivity index (χ1v) is 8.17. The Morgan fingerprint density at radius 3 is 2.21 bits per heavy atom. The van der Waals surface area contributed by atoms with E-state index in [1.807, 2.05) is 6.92 Å². The van der Waals surface area contributed by atoms with Crippen molar-refractivity contribution >= 4 is 15.7 Å². The highest BCUT2D eigenvalue weighted by atomic mass is 32.2. The van der Waals surface area contributed by atoms with Gasteiger partial charge in [-0.3, -0.25) is 0 Å². The van der Waals surface area contributed by atoms with E-state index in [-0.39, 0.29) is 10.9 Å². The van der Waals surface area contributed by atoms with Crippen LogP contribution in [0.25, 0.3) is 0 Å². The molecular weight excluding hydrogens is 260 g/mol. The van der Waals surface area contributed by atoms with Crippen LogP contribution in [-0.4, -0.2) is 14.5 Å². The normalized spacial score (nSPS) is 13.7. The fourth-order valence-corrected chi connectivity index (χ4v) is 3.15. The van der Waals surface area contributed by atoms with Crippen LogP contribution in [-0.2, 0) is 10.0 Å². The number of hydrogen-bond acceptors (Lipinski definition) is 3. The molecule has 108 valence electrons. The number of rotatable bonds is 7. The largest absolute Gasteiger partial charge is 0.399 e. The molecular formula is C14H24N2O2S. The molecule has 3 N–H and O–H groups in total. The van der Waals surface area contributed by atoms with Crippen LogP contribution in [0.2, 0.25) is 0 Å². The van der Waals surface area contributed by atoms with Gasteiger partial charge in [0.25, 0.3) is 0 Å². The van der Waals surface area contributed by atoms with Gasteiger partial charge in [-0.25, -0.2) is 13.1 Å². The Balaban J connectivity index is 2.57. The SMILES string of the molecule is CC(C)CCC[C@@H](C)NS(=O)(=O)c1ccc(N)cc1. The van der Waals surface area contributed by atoms with Crippen LogP contribution in [0.5, 0.6) is 0 Å². The van der Waals surface area contributed by atoms with Gasteiger partial charge in [0, 0.05) is 11.7 Å². The second kappa shape index (κ2) is 6.91. The summed E-state index contributed by atoms with van der Waals surface area (Å²) in [5.41, 5.74) is 6.11. The van der Waals surface area contributed by atoms with Gasteiger partial charge in [0.1, 0.15) is 0 Å². The van der Waals surface area contributed by atoms with E-state index >= 15 is 0 Å². The molecule has 0 aromatic heterocycles. The zero-order valence-electron chi connectivity index (χ0n) is 11.9. The van der Waals surface area contributed by atoms with E-state index in [9.17, 15) is 8.42 Å². The van der Waals surface area contributed by atoms with Crippen LogP contribution in [0.3, 0.4) is 0 Å². The first kappa shape index (κ1) is 16.0. The third-order valence-corrected chi connectivity index (χ3v) is 4.57. The fourth-order valence-electron chi connectivity index (χ4n) is 1.87. The third kappa shape index (κ3) is 5.61. The smallest absolute Gasteiger partial charge is 0.240 e. The van der Waals surface area contributed by atoms with E-state index in [1.54, 1.807) is 12.1 Å². The molecule has 0 bridgehead atoms. The van der Waals surface area contributed by atoms with Crippen LogP contribution in [0.1, 0.15) is 40.0 Å². The Kier molecular flexibility index (Phi) is 5.82. The van der Waals surface area contributed by atoms with Gasteiger partial charge in [0.05, 0.1) is 4.90 Å². The molecule has 0 saturated carbocycles. The van der Waals surface area contributed by atoms with Crippen molar-refractivity contribution in [3.05, 3.63) is 24.3 Å². The third-order valence-electron chi connectivity index (χ3n) is 2.97. The summed E-state index contributed by atoms with van der Waals surface area (Å²) < 4.78 is 26.9. The minimum Gasteiger partial charge on any atom is -0.399 e. The minimum absolute atomic E-state index is 0.0543. The predicted molar refractivity (Wildman–Crippen MR) is 79.3 cm³/mol. The molecule has 5 heteroatoms. The van der Waals surface area contributed by atoms with Crippen LogP contribution in [0.15, 0.2) is 29.2 Å². The molecule has 1 aromatic rings. The quantitative estimate of drug-likeness (QED) is 0.756. The average molecular weight is 284 g/mol. The lowest BCUT2D eigenvalue weighted by molar-refractivity contribution is 0.488. The molecule has 0 aliphatic heterocycles. The summed E-state index contributed by atoms with van der Waals surface area (Å²) in [4.78, 5) is 0.261. The average Bonchev–Trinajstić information content (AvgIpc) is 2.28. The van der Waals surface area contributed by atoms with Crippen molar-refractivity contribution in [3.63, 3.8) is 0 Å². The number of benzene rings is 1. The summed E-state index contributed by atoms with van der Waals surface area (Å²) in [6.07, 6.45) is 3.00. The lowest BCUT2D eigenvalue weighted by atomic mass is 10.0. The Morgan fingerprint density at radius 2 is 1.68 bits per heavy atom. The van der Waals surface area contributed by atoms with Crippen LogP contribution in [0, 0.1) is 5.92 Å². The highest BCUT2D eigenvalue weighted by Gasteiger charge is 2.16. The molecule has 1 aromatic carbocycles. The minimum atomic E-state index is -3.43. The first-order chi connectivity index (χ1) is 8.81. The Hall–Kier alpha value is -1.07. The summed E-state index contributed by atoms with van der Waals surface area (Å²) in [7, 11) is -3.43. The molecule has 4 nitrogen and oxygen atoms in total. The molecule has 0 fully saturated rings. The van der Waals surface area contributed by atoms with Gasteiger partial charge in [-0.2, -0.15) is 0 Å². The van der Waals surface area contributed by atoms with Crippen LogP contribution < -0.4 is 10.5 Å². The lowest BCUT2D eigenvalue weighted by Gasteiger charge is -2.15. The zero-order valence-corrected chi connectivity index (χ0v) is 12.7. The molecule has 0 spiro atoms. The topological polar surface area (TPSA) is 72.2 Å². The van der Waals surface area contributed by atoms with Gasteiger partial charge in [0.15, 0.2) is 0 Å². The Bertz CT molecular complexity index is 481. The molecule has 19 heavy (non-hydrogen) atoms. The number of nitrogen functional groups attached to an aromatic ring is 1. The van der Waals surface area contributed by atoms with Crippen molar-refractivity contribution in [2.45, 2.75) is 51.0 Å². The van der Waals surface area contributed by atoms with Crippen LogP contribution >= 0.6 is 0 Å². The molecule has 0 aliphatic rings. The molecule has 0 heterocycles. The highest BCUT2D eigenvalue weighted by molar-refractivity contribution is 7.89. The van der Waals surface area contributed by atoms with Gasteiger partial charge in [0.2, 0.25) is 10.0 Å². The Morgan fingerprint density at radius 1 is 1.11 bits per heavy atom. The van der Waals surface area contributed by atoms with E-state index in [0.717, 1.165) is 19.3 Å². The van der Waals surface area contributed by atoms with E-state index < -0.39 is 10.0 Å². The van der Waals surface area contributed by atoms with Gasteiger partial charge < -0.3 is 5.73 Å². The van der Waals surface area contributed by atoms with E-state index in [2.05, 4.69) is 18.6 Å². The summed E-state index contributed by atoms with van der Waals surface area (Å²) in [5, 5.41) is 0. The molecule has 1 rings (SSSR count). The van der Waals surface area contributed by atoms with E-state index in [4.69, 9.17) is 5.73 Å². The molecule has 0 aliphatic carbocycles. The Labute approximate surface area is 116 Å².